The molecule has 2 bridgehead atoms. The number of benzene rings is 1. The molecule has 5 heteroatoms. The second kappa shape index (κ2) is 4.47. The number of nitrogens with zero attached hydrogens (tertiary/aromatic N) is 2. The average Bonchev–Trinajstić information content (AvgIpc) is 3.11. The Morgan fingerprint density at radius 1 is 1.18 bits per heavy atom. The van der Waals surface area contributed by atoms with Gasteiger partial charge in [0.25, 0.3) is 0 Å². The van der Waals surface area contributed by atoms with Gasteiger partial charge in [-0.3, -0.25) is 4.84 Å². The predicted molar refractivity (Wildman–Crippen MR) is 83.5 cm³/mol. The quantitative estimate of drug-likeness (QED) is 0.873. The maximum absolute atomic E-state index is 6.13. The first-order valence-corrected chi connectivity index (χ1v) is 8.22. The summed E-state index contributed by atoms with van der Waals surface area (Å²) in [6.45, 7) is 0. The van der Waals surface area contributed by atoms with E-state index in [0.29, 0.717) is 5.92 Å². The number of hydrogen-bond acceptors (Lipinski definition) is 5. The zero-order chi connectivity index (χ0) is 14.7. The molecule has 2 aromatic rings. The number of hydrazine groups is 2. The van der Waals surface area contributed by atoms with Crippen LogP contribution in [0.5, 0.6) is 0 Å². The summed E-state index contributed by atoms with van der Waals surface area (Å²) < 4.78 is 5.98. The molecule has 0 amide bonds. The van der Waals surface area contributed by atoms with Crippen molar-refractivity contribution < 1.29 is 9.25 Å². The second-order valence-corrected chi connectivity index (χ2v) is 6.92. The van der Waals surface area contributed by atoms with Crippen LogP contribution in [-0.2, 0) is 4.84 Å². The van der Waals surface area contributed by atoms with Gasteiger partial charge in [-0.15, -0.1) is 0 Å². The van der Waals surface area contributed by atoms with E-state index in [1.807, 2.05) is 23.3 Å². The molecule has 4 aliphatic rings. The second-order valence-electron chi connectivity index (χ2n) is 6.92. The van der Waals surface area contributed by atoms with Gasteiger partial charge < -0.3 is 4.42 Å². The highest BCUT2D eigenvalue weighted by atomic mass is 16.8. The summed E-state index contributed by atoms with van der Waals surface area (Å²) in [5, 5.41) is 5.24. The van der Waals surface area contributed by atoms with Crippen LogP contribution in [0.25, 0.3) is 11.0 Å². The number of para-hydroxylation sites is 1. The van der Waals surface area contributed by atoms with Crippen LogP contribution in [0.3, 0.4) is 0 Å². The molecule has 2 heterocycles. The Hall–Kier alpha value is -1.56. The minimum absolute atomic E-state index is 0.208. The van der Waals surface area contributed by atoms with Gasteiger partial charge in [-0.2, -0.15) is 10.1 Å². The van der Waals surface area contributed by atoms with Crippen molar-refractivity contribution in [3.05, 3.63) is 30.3 Å². The molecule has 0 radical (unpaired) electrons. The lowest BCUT2D eigenvalue weighted by molar-refractivity contribution is -0.193. The Balaban J connectivity index is 1.50. The maximum atomic E-state index is 6.13. The van der Waals surface area contributed by atoms with Crippen molar-refractivity contribution in [1.29, 1.82) is 0 Å². The molecule has 4 fully saturated rings. The van der Waals surface area contributed by atoms with Gasteiger partial charge in [0.2, 0.25) is 5.88 Å². The van der Waals surface area contributed by atoms with Gasteiger partial charge in [0.15, 0.2) is 5.72 Å². The van der Waals surface area contributed by atoms with E-state index in [-0.39, 0.29) is 5.72 Å². The topological polar surface area (TPSA) is 40.9 Å². The average molecular weight is 299 g/mol. The Morgan fingerprint density at radius 2 is 2.00 bits per heavy atom. The highest BCUT2D eigenvalue weighted by Gasteiger charge is 2.57. The first-order valence-electron chi connectivity index (χ1n) is 8.22. The van der Waals surface area contributed by atoms with E-state index in [1.54, 1.807) is 0 Å². The SMILES string of the molecule is CN1N(c2cc3ccccc3o2)NO[C@@]12CC1CCC2CC1. The van der Waals surface area contributed by atoms with E-state index in [2.05, 4.69) is 29.8 Å². The van der Waals surface area contributed by atoms with E-state index >= 15 is 0 Å². The summed E-state index contributed by atoms with van der Waals surface area (Å²) in [7, 11) is 2.11. The van der Waals surface area contributed by atoms with Gasteiger partial charge in [-0.05, 0) is 44.1 Å². The third kappa shape index (κ3) is 1.64. The van der Waals surface area contributed by atoms with Gasteiger partial charge in [0, 0.05) is 24.4 Å². The van der Waals surface area contributed by atoms with Crippen molar-refractivity contribution >= 4 is 16.9 Å². The predicted octanol–water partition coefficient (Wildman–Crippen LogP) is 3.44. The minimum Gasteiger partial charge on any atom is -0.438 e. The number of furan rings is 1. The summed E-state index contributed by atoms with van der Waals surface area (Å²) in [4.78, 5) is 6.13. The smallest absolute Gasteiger partial charge is 0.227 e. The summed E-state index contributed by atoms with van der Waals surface area (Å²) in [6, 6.07) is 10.1. The minimum atomic E-state index is -0.208. The number of rotatable bonds is 1. The number of nitrogens with one attached hydrogen (secondary N) is 1. The van der Waals surface area contributed by atoms with Crippen molar-refractivity contribution in [3.8, 4) is 0 Å². The zero-order valence-corrected chi connectivity index (χ0v) is 12.8. The Bertz CT molecular complexity index is 674. The molecular formula is C17H21N3O2. The normalized spacial score (nSPS) is 35.0. The molecule has 22 heavy (non-hydrogen) atoms. The summed E-state index contributed by atoms with van der Waals surface area (Å²) in [5.41, 5.74) is 3.79. The Morgan fingerprint density at radius 3 is 2.73 bits per heavy atom. The van der Waals surface area contributed by atoms with E-state index in [0.717, 1.165) is 29.2 Å². The largest absolute Gasteiger partial charge is 0.438 e. The van der Waals surface area contributed by atoms with E-state index in [1.165, 1.54) is 25.7 Å². The van der Waals surface area contributed by atoms with Crippen LogP contribution in [0.1, 0.15) is 32.1 Å². The third-order valence-electron chi connectivity index (χ3n) is 5.84. The lowest BCUT2D eigenvalue weighted by Gasteiger charge is -2.50. The van der Waals surface area contributed by atoms with Gasteiger partial charge in [0.05, 0.1) is 0 Å². The molecule has 1 aromatic carbocycles. The fraction of sp³-hybridized carbons (Fsp3) is 0.529. The van der Waals surface area contributed by atoms with Crippen LogP contribution < -0.4 is 10.7 Å². The van der Waals surface area contributed by atoms with Crippen LogP contribution in [0.2, 0.25) is 0 Å². The summed E-state index contributed by atoms with van der Waals surface area (Å²) >= 11 is 0. The Kier molecular flexibility index (Phi) is 2.63. The third-order valence-corrected chi connectivity index (χ3v) is 5.84. The van der Waals surface area contributed by atoms with Gasteiger partial charge >= 0.3 is 0 Å². The van der Waals surface area contributed by atoms with Crippen LogP contribution in [-0.4, -0.2) is 17.8 Å². The van der Waals surface area contributed by atoms with Crippen molar-refractivity contribution in [2.45, 2.75) is 37.8 Å². The molecule has 116 valence electrons. The monoisotopic (exact) mass is 299 g/mol. The number of anilines is 1. The Labute approximate surface area is 129 Å². The highest BCUT2D eigenvalue weighted by molar-refractivity contribution is 5.80. The summed E-state index contributed by atoms with van der Waals surface area (Å²) in [5.74, 6) is 2.18. The standard InChI is InChI=1S/C17H21N3O2/c1-19-17(11-12-6-8-14(17)9-7-12)22-18-20(19)16-10-13-4-2-3-5-15(13)21-16/h2-5,10,12,14,18H,6-9,11H2,1H3/t12?,14?,17-/m1/s1. The molecule has 1 aliphatic heterocycles. The molecule has 1 aromatic heterocycles. The zero-order valence-electron chi connectivity index (χ0n) is 12.8. The molecule has 1 N–H and O–H groups in total. The van der Waals surface area contributed by atoms with Crippen LogP contribution >= 0.6 is 0 Å². The molecule has 1 saturated heterocycles. The number of hydrogen-bond donors (Lipinski definition) is 1. The van der Waals surface area contributed by atoms with Crippen molar-refractivity contribution in [2.24, 2.45) is 11.8 Å². The molecule has 6 rings (SSSR count). The molecule has 3 aliphatic carbocycles. The van der Waals surface area contributed by atoms with Gasteiger partial charge in [-0.1, -0.05) is 23.8 Å². The molecule has 5 nitrogen and oxygen atoms in total. The van der Waals surface area contributed by atoms with Crippen molar-refractivity contribution in [1.82, 2.24) is 10.6 Å². The maximum Gasteiger partial charge on any atom is 0.227 e. The molecule has 1 spiro atoms. The van der Waals surface area contributed by atoms with Crippen LogP contribution in [0.4, 0.5) is 5.88 Å². The first kappa shape index (κ1) is 12.9. The highest BCUT2D eigenvalue weighted by Crippen LogP contribution is 2.52. The van der Waals surface area contributed by atoms with Crippen molar-refractivity contribution in [2.75, 3.05) is 12.2 Å². The fourth-order valence-electron chi connectivity index (χ4n) is 4.60. The van der Waals surface area contributed by atoms with Crippen LogP contribution in [0.15, 0.2) is 34.7 Å². The van der Waals surface area contributed by atoms with Gasteiger partial charge in [-0.25, -0.2) is 0 Å². The van der Waals surface area contributed by atoms with E-state index < -0.39 is 0 Å². The molecular weight excluding hydrogens is 278 g/mol. The molecule has 3 saturated carbocycles. The van der Waals surface area contributed by atoms with Crippen LogP contribution in [0, 0.1) is 11.8 Å². The molecule has 1 atom stereocenters. The fourth-order valence-corrected chi connectivity index (χ4v) is 4.60. The lowest BCUT2D eigenvalue weighted by Crippen LogP contribution is -2.58. The lowest BCUT2D eigenvalue weighted by atomic mass is 9.65. The summed E-state index contributed by atoms with van der Waals surface area (Å²) in [6.07, 6.45) is 6.36. The van der Waals surface area contributed by atoms with E-state index in [9.17, 15) is 0 Å². The molecule has 0 unspecified atom stereocenters. The number of fused-ring (bicyclic) bond motifs is 3. The first-order chi connectivity index (χ1) is 10.8. The van der Waals surface area contributed by atoms with E-state index in [4.69, 9.17) is 9.25 Å². The van der Waals surface area contributed by atoms with Gasteiger partial charge in [0.1, 0.15) is 5.58 Å². The van der Waals surface area contributed by atoms with Crippen molar-refractivity contribution in [3.63, 3.8) is 0 Å².